The molecule has 2 rings (SSSR count). The van der Waals surface area contributed by atoms with Crippen LogP contribution in [0.25, 0.3) is 0 Å². The Morgan fingerprint density at radius 1 is 1.29 bits per heavy atom. The van der Waals surface area contributed by atoms with Crippen molar-refractivity contribution in [3.8, 4) is 0 Å². The maximum absolute atomic E-state index is 5.27. The van der Waals surface area contributed by atoms with Crippen molar-refractivity contribution in [1.29, 1.82) is 0 Å². The molecule has 0 aliphatic heterocycles. The monoisotopic (exact) mass is 325 g/mol. The van der Waals surface area contributed by atoms with E-state index in [0.717, 1.165) is 34.4 Å². The summed E-state index contributed by atoms with van der Waals surface area (Å²) in [4.78, 5) is 10.5. The predicted octanol–water partition coefficient (Wildman–Crippen LogP) is 3.53. The molecule has 0 aromatic carbocycles. The van der Waals surface area contributed by atoms with Gasteiger partial charge in [0.05, 0.1) is 28.0 Å². The van der Waals surface area contributed by atoms with E-state index >= 15 is 0 Å². The van der Waals surface area contributed by atoms with Crippen molar-refractivity contribution in [3.05, 3.63) is 31.7 Å². The number of thiazole rings is 2. The SMILES string of the molecule is COCc1nc(Cc2csc(C)n2)sc1CNC(C)(C)C. The summed E-state index contributed by atoms with van der Waals surface area (Å²) in [5, 5.41) is 7.84. The molecule has 4 nitrogen and oxygen atoms in total. The fraction of sp³-hybridized carbons (Fsp3) is 0.600. The summed E-state index contributed by atoms with van der Waals surface area (Å²) in [7, 11) is 1.71. The number of hydrogen-bond acceptors (Lipinski definition) is 6. The Kier molecular flexibility index (Phi) is 5.48. The van der Waals surface area contributed by atoms with Gasteiger partial charge in [-0.3, -0.25) is 0 Å². The average Bonchev–Trinajstić information content (AvgIpc) is 2.94. The molecule has 2 heterocycles. The van der Waals surface area contributed by atoms with E-state index < -0.39 is 0 Å². The van der Waals surface area contributed by atoms with Crippen molar-refractivity contribution in [2.75, 3.05) is 7.11 Å². The van der Waals surface area contributed by atoms with Crippen molar-refractivity contribution < 1.29 is 4.74 Å². The molecule has 0 saturated heterocycles. The highest BCUT2D eigenvalue weighted by Crippen LogP contribution is 2.23. The minimum absolute atomic E-state index is 0.0977. The Balaban J connectivity index is 2.12. The lowest BCUT2D eigenvalue weighted by Gasteiger charge is -2.20. The van der Waals surface area contributed by atoms with Crippen LogP contribution in [0, 0.1) is 6.92 Å². The zero-order valence-corrected chi connectivity index (χ0v) is 15.0. The maximum atomic E-state index is 5.27. The van der Waals surface area contributed by atoms with Gasteiger partial charge in [0.1, 0.15) is 0 Å². The minimum Gasteiger partial charge on any atom is -0.378 e. The molecule has 0 spiro atoms. The maximum Gasteiger partial charge on any atom is 0.0992 e. The van der Waals surface area contributed by atoms with E-state index in [4.69, 9.17) is 9.72 Å². The van der Waals surface area contributed by atoms with Crippen LogP contribution in [0.15, 0.2) is 5.38 Å². The number of aryl methyl sites for hydroxylation is 1. The van der Waals surface area contributed by atoms with Crippen LogP contribution in [-0.2, 0) is 24.3 Å². The van der Waals surface area contributed by atoms with Crippen molar-refractivity contribution in [2.45, 2.75) is 52.8 Å². The Morgan fingerprint density at radius 3 is 2.62 bits per heavy atom. The highest BCUT2D eigenvalue weighted by molar-refractivity contribution is 7.11. The van der Waals surface area contributed by atoms with Gasteiger partial charge < -0.3 is 10.1 Å². The molecular weight excluding hydrogens is 302 g/mol. The van der Waals surface area contributed by atoms with Gasteiger partial charge in [0.2, 0.25) is 0 Å². The highest BCUT2D eigenvalue weighted by atomic mass is 32.1. The van der Waals surface area contributed by atoms with E-state index in [2.05, 4.69) is 36.5 Å². The van der Waals surface area contributed by atoms with Gasteiger partial charge in [0, 0.05) is 35.9 Å². The summed E-state index contributed by atoms with van der Waals surface area (Å²) in [6.07, 6.45) is 0.807. The first-order chi connectivity index (χ1) is 9.87. The van der Waals surface area contributed by atoms with Crippen molar-refractivity contribution in [3.63, 3.8) is 0 Å². The third-order valence-corrected chi connectivity index (χ3v) is 4.80. The molecule has 116 valence electrons. The summed E-state index contributed by atoms with van der Waals surface area (Å²) in [6, 6.07) is 0. The fourth-order valence-corrected chi connectivity index (χ4v) is 3.53. The molecule has 0 aliphatic rings. The Bertz CT molecular complexity index is 584. The molecule has 1 N–H and O–H groups in total. The van der Waals surface area contributed by atoms with Crippen molar-refractivity contribution >= 4 is 22.7 Å². The number of hydrogen-bond donors (Lipinski definition) is 1. The van der Waals surface area contributed by atoms with Gasteiger partial charge in [-0.1, -0.05) is 0 Å². The molecule has 0 unspecified atom stereocenters. The van der Waals surface area contributed by atoms with E-state index in [1.807, 2.05) is 6.92 Å². The molecule has 21 heavy (non-hydrogen) atoms. The van der Waals surface area contributed by atoms with Gasteiger partial charge in [-0.2, -0.15) is 0 Å². The highest BCUT2D eigenvalue weighted by Gasteiger charge is 2.15. The Morgan fingerprint density at radius 2 is 2.05 bits per heavy atom. The number of rotatable bonds is 6. The average molecular weight is 326 g/mol. The first-order valence-electron chi connectivity index (χ1n) is 7.00. The molecule has 0 radical (unpaired) electrons. The quantitative estimate of drug-likeness (QED) is 0.882. The standard InChI is InChI=1S/C15H23N3OS2/c1-10-17-11(9-20-10)6-14-18-12(8-19-5)13(21-14)7-16-15(2,3)4/h9,16H,6-8H2,1-5H3. The van der Waals surface area contributed by atoms with Gasteiger partial charge in [0.25, 0.3) is 0 Å². The van der Waals surface area contributed by atoms with Crippen LogP contribution >= 0.6 is 22.7 Å². The van der Waals surface area contributed by atoms with Gasteiger partial charge in [-0.25, -0.2) is 9.97 Å². The molecule has 0 saturated carbocycles. The molecule has 0 fully saturated rings. The van der Waals surface area contributed by atoms with E-state index in [1.54, 1.807) is 29.8 Å². The third kappa shape index (κ3) is 5.14. The number of aromatic nitrogens is 2. The van der Waals surface area contributed by atoms with Crippen molar-refractivity contribution in [2.24, 2.45) is 0 Å². The summed E-state index contributed by atoms with van der Waals surface area (Å²) in [5.74, 6) is 0. The lowest BCUT2D eigenvalue weighted by molar-refractivity contribution is 0.181. The third-order valence-electron chi connectivity index (χ3n) is 2.88. The van der Waals surface area contributed by atoms with E-state index in [1.165, 1.54) is 4.88 Å². The zero-order valence-electron chi connectivity index (χ0n) is 13.3. The van der Waals surface area contributed by atoms with Crippen LogP contribution in [-0.4, -0.2) is 22.6 Å². The second kappa shape index (κ2) is 6.96. The minimum atomic E-state index is 0.0977. The van der Waals surface area contributed by atoms with Gasteiger partial charge in [-0.05, 0) is 27.7 Å². The predicted molar refractivity (Wildman–Crippen MR) is 89.1 cm³/mol. The normalized spacial score (nSPS) is 12.0. The first-order valence-corrected chi connectivity index (χ1v) is 8.69. The first kappa shape index (κ1) is 16.5. The molecule has 0 bridgehead atoms. The molecular formula is C15H23N3OS2. The van der Waals surface area contributed by atoms with E-state index in [0.29, 0.717) is 6.61 Å². The molecule has 0 amide bonds. The zero-order chi connectivity index (χ0) is 15.5. The summed E-state index contributed by atoms with van der Waals surface area (Å²) in [5.41, 5.74) is 2.24. The smallest absolute Gasteiger partial charge is 0.0992 e. The Labute approximate surface area is 134 Å². The number of nitrogens with zero attached hydrogens (tertiary/aromatic N) is 2. The van der Waals surface area contributed by atoms with Gasteiger partial charge in [0.15, 0.2) is 0 Å². The second-order valence-corrected chi connectivity index (χ2v) is 8.28. The van der Waals surface area contributed by atoms with Crippen LogP contribution < -0.4 is 5.32 Å². The topological polar surface area (TPSA) is 47.0 Å². The molecule has 6 heteroatoms. The molecule has 0 atom stereocenters. The fourth-order valence-electron chi connectivity index (χ4n) is 1.89. The Hall–Kier alpha value is -0.820. The number of methoxy groups -OCH3 is 1. The van der Waals surface area contributed by atoms with Crippen LogP contribution in [0.4, 0.5) is 0 Å². The van der Waals surface area contributed by atoms with E-state index in [9.17, 15) is 0 Å². The largest absolute Gasteiger partial charge is 0.378 e. The summed E-state index contributed by atoms with van der Waals surface area (Å²) < 4.78 is 5.27. The van der Waals surface area contributed by atoms with E-state index in [-0.39, 0.29) is 5.54 Å². The van der Waals surface area contributed by atoms with Crippen LogP contribution in [0.5, 0.6) is 0 Å². The number of nitrogens with one attached hydrogen (secondary N) is 1. The molecule has 2 aromatic heterocycles. The second-order valence-electron chi connectivity index (χ2n) is 6.05. The van der Waals surface area contributed by atoms with Gasteiger partial charge in [-0.15, -0.1) is 22.7 Å². The lowest BCUT2D eigenvalue weighted by Crippen LogP contribution is -2.35. The molecule has 2 aromatic rings. The number of ether oxygens (including phenoxy) is 1. The van der Waals surface area contributed by atoms with Gasteiger partial charge >= 0.3 is 0 Å². The summed E-state index contributed by atoms with van der Waals surface area (Å²) >= 11 is 3.44. The van der Waals surface area contributed by atoms with Crippen LogP contribution in [0.2, 0.25) is 0 Å². The summed E-state index contributed by atoms with van der Waals surface area (Å²) in [6.45, 7) is 9.93. The van der Waals surface area contributed by atoms with Crippen molar-refractivity contribution in [1.82, 2.24) is 15.3 Å². The van der Waals surface area contributed by atoms with Crippen LogP contribution in [0.1, 0.15) is 47.1 Å². The lowest BCUT2D eigenvalue weighted by atomic mass is 10.1. The molecule has 0 aliphatic carbocycles. The van der Waals surface area contributed by atoms with Crippen LogP contribution in [0.3, 0.4) is 0 Å².